The number of hydrogen-bond donors (Lipinski definition) is 2. The van der Waals surface area contributed by atoms with Crippen LogP contribution in [-0.2, 0) is 0 Å². The Bertz CT molecular complexity index is 568. The average Bonchev–Trinajstić information content (AvgIpc) is 2.46. The van der Waals surface area contributed by atoms with Crippen molar-refractivity contribution in [2.75, 3.05) is 6.54 Å². The van der Waals surface area contributed by atoms with Crippen molar-refractivity contribution >= 4 is 5.91 Å². The number of aryl methyl sites for hydroxylation is 1. The molecule has 3 nitrogen and oxygen atoms in total. The second-order valence-corrected chi connectivity index (χ2v) is 5.98. The number of nitrogens with one attached hydrogen (secondary N) is 1. The van der Waals surface area contributed by atoms with E-state index in [1.54, 1.807) is 0 Å². The predicted octanol–water partition coefficient (Wildman–Crippen LogP) is 2.61. The van der Waals surface area contributed by atoms with Crippen LogP contribution in [0.3, 0.4) is 0 Å². The van der Waals surface area contributed by atoms with Crippen LogP contribution in [0.25, 0.3) is 0 Å². The lowest BCUT2D eigenvalue weighted by atomic mass is 9.87. The molecule has 1 aliphatic rings. The summed E-state index contributed by atoms with van der Waals surface area (Å²) in [6.45, 7) is 4.54. The Labute approximate surface area is 127 Å². The highest BCUT2D eigenvalue weighted by atomic mass is 16.1. The van der Waals surface area contributed by atoms with E-state index in [4.69, 9.17) is 5.73 Å². The molecule has 0 saturated heterocycles. The first kappa shape index (κ1) is 15.6. The molecule has 1 fully saturated rings. The number of hydrogen-bond acceptors (Lipinski definition) is 2. The normalized spacial score (nSPS) is 21.3. The summed E-state index contributed by atoms with van der Waals surface area (Å²) in [5.74, 6) is 6.52. The van der Waals surface area contributed by atoms with Gasteiger partial charge in [-0.25, -0.2) is 0 Å². The van der Waals surface area contributed by atoms with E-state index in [1.165, 1.54) is 12.8 Å². The number of amides is 1. The van der Waals surface area contributed by atoms with Gasteiger partial charge < -0.3 is 11.1 Å². The maximum atomic E-state index is 12.5. The van der Waals surface area contributed by atoms with Gasteiger partial charge in [0.15, 0.2) is 0 Å². The first-order chi connectivity index (χ1) is 10.1. The van der Waals surface area contributed by atoms with Gasteiger partial charge in [0.2, 0.25) is 0 Å². The van der Waals surface area contributed by atoms with Gasteiger partial charge >= 0.3 is 0 Å². The van der Waals surface area contributed by atoms with Gasteiger partial charge in [-0.1, -0.05) is 37.7 Å². The Balaban J connectivity index is 2.10. The van der Waals surface area contributed by atoms with E-state index in [0.717, 1.165) is 29.5 Å². The van der Waals surface area contributed by atoms with Crippen LogP contribution in [-0.4, -0.2) is 18.5 Å². The minimum absolute atomic E-state index is 0.0167. The minimum atomic E-state index is 0.0167. The van der Waals surface area contributed by atoms with Crippen molar-refractivity contribution in [3.8, 4) is 11.8 Å². The summed E-state index contributed by atoms with van der Waals surface area (Å²) in [5, 5.41) is 3.18. The molecule has 1 aliphatic carbocycles. The Morgan fingerprint density at radius 2 is 2.24 bits per heavy atom. The minimum Gasteiger partial charge on any atom is -0.349 e. The smallest absolute Gasteiger partial charge is 0.251 e. The first-order valence-corrected chi connectivity index (χ1v) is 7.70. The molecule has 0 aliphatic heterocycles. The van der Waals surface area contributed by atoms with Crippen LogP contribution >= 0.6 is 0 Å². The third-order valence-electron chi connectivity index (χ3n) is 4.09. The molecule has 0 spiro atoms. The monoisotopic (exact) mass is 284 g/mol. The summed E-state index contributed by atoms with van der Waals surface area (Å²) < 4.78 is 0. The average molecular weight is 284 g/mol. The van der Waals surface area contributed by atoms with E-state index in [0.29, 0.717) is 18.5 Å². The molecule has 2 atom stereocenters. The number of carbonyl (C=O) groups is 1. The van der Waals surface area contributed by atoms with Crippen LogP contribution in [0.15, 0.2) is 18.2 Å². The highest BCUT2D eigenvalue weighted by Gasteiger charge is 2.21. The number of benzene rings is 1. The molecular formula is C18H24N2O. The van der Waals surface area contributed by atoms with Gasteiger partial charge in [0.25, 0.3) is 5.91 Å². The summed E-state index contributed by atoms with van der Waals surface area (Å²) in [5.41, 5.74) is 7.93. The van der Waals surface area contributed by atoms with Crippen LogP contribution in [0.2, 0.25) is 0 Å². The maximum absolute atomic E-state index is 12.5. The van der Waals surface area contributed by atoms with Crippen LogP contribution in [0, 0.1) is 24.7 Å². The number of carbonyl (C=O) groups excluding carboxylic acids is 1. The molecule has 1 aromatic carbocycles. The van der Waals surface area contributed by atoms with E-state index >= 15 is 0 Å². The van der Waals surface area contributed by atoms with Crippen molar-refractivity contribution in [1.29, 1.82) is 0 Å². The number of rotatable bonds is 2. The van der Waals surface area contributed by atoms with Gasteiger partial charge in [-0.05, 0) is 43.4 Å². The zero-order chi connectivity index (χ0) is 15.2. The molecule has 1 aromatic rings. The molecule has 3 N–H and O–H groups in total. The summed E-state index contributed by atoms with van der Waals surface area (Å²) >= 11 is 0. The number of nitrogens with two attached hydrogens (primary N) is 1. The Morgan fingerprint density at radius 3 is 2.95 bits per heavy atom. The van der Waals surface area contributed by atoms with E-state index in [2.05, 4.69) is 24.1 Å². The fraction of sp³-hybridized carbons (Fsp3) is 0.500. The highest BCUT2D eigenvalue weighted by molar-refractivity contribution is 5.96. The van der Waals surface area contributed by atoms with Crippen LogP contribution < -0.4 is 11.1 Å². The van der Waals surface area contributed by atoms with E-state index in [-0.39, 0.29) is 5.91 Å². The molecule has 0 bridgehead atoms. The van der Waals surface area contributed by atoms with E-state index in [9.17, 15) is 4.79 Å². The summed E-state index contributed by atoms with van der Waals surface area (Å²) in [6.07, 6.45) is 4.64. The largest absolute Gasteiger partial charge is 0.349 e. The highest BCUT2D eigenvalue weighted by Crippen LogP contribution is 2.24. The zero-order valence-corrected chi connectivity index (χ0v) is 12.9. The molecule has 0 radical (unpaired) electrons. The topological polar surface area (TPSA) is 55.1 Å². The SMILES string of the molecule is Cc1ccc(C#CCN)cc1C(=O)NC1CCCC(C)C1. The van der Waals surface area contributed by atoms with Crippen LogP contribution in [0.5, 0.6) is 0 Å². The molecule has 0 aromatic heterocycles. The second-order valence-electron chi connectivity index (χ2n) is 5.98. The lowest BCUT2D eigenvalue weighted by molar-refractivity contribution is 0.0920. The lowest BCUT2D eigenvalue weighted by Crippen LogP contribution is -2.38. The molecule has 112 valence electrons. The van der Waals surface area contributed by atoms with Crippen LogP contribution in [0.4, 0.5) is 0 Å². The van der Waals surface area contributed by atoms with Gasteiger partial charge in [0.05, 0.1) is 6.54 Å². The predicted molar refractivity (Wildman–Crippen MR) is 86.0 cm³/mol. The van der Waals surface area contributed by atoms with Gasteiger partial charge in [-0.3, -0.25) is 4.79 Å². The third kappa shape index (κ3) is 4.34. The van der Waals surface area contributed by atoms with Crippen molar-refractivity contribution < 1.29 is 4.79 Å². The maximum Gasteiger partial charge on any atom is 0.251 e. The molecular weight excluding hydrogens is 260 g/mol. The van der Waals surface area contributed by atoms with E-state index in [1.807, 2.05) is 25.1 Å². The summed E-state index contributed by atoms with van der Waals surface area (Å²) in [6, 6.07) is 6.04. The molecule has 21 heavy (non-hydrogen) atoms. The molecule has 1 amide bonds. The van der Waals surface area contributed by atoms with Gasteiger partial charge in [0.1, 0.15) is 0 Å². The van der Waals surface area contributed by atoms with Crippen molar-refractivity contribution in [2.45, 2.75) is 45.6 Å². The van der Waals surface area contributed by atoms with Crippen molar-refractivity contribution in [2.24, 2.45) is 11.7 Å². The standard InChI is InChI=1S/C18H24N2O/c1-13-5-3-7-16(11-13)20-18(21)17-12-15(6-4-10-19)9-8-14(17)2/h8-9,12-13,16H,3,5,7,10-11,19H2,1-2H3,(H,20,21). The second kappa shape index (κ2) is 7.28. The first-order valence-electron chi connectivity index (χ1n) is 7.70. The van der Waals surface area contributed by atoms with Gasteiger partial charge in [-0.15, -0.1) is 0 Å². The van der Waals surface area contributed by atoms with Crippen LogP contribution in [0.1, 0.15) is 54.1 Å². The zero-order valence-electron chi connectivity index (χ0n) is 12.9. The van der Waals surface area contributed by atoms with Gasteiger partial charge in [-0.2, -0.15) is 0 Å². The summed E-state index contributed by atoms with van der Waals surface area (Å²) in [4.78, 5) is 12.5. The molecule has 1 saturated carbocycles. The fourth-order valence-corrected chi connectivity index (χ4v) is 2.93. The fourth-order valence-electron chi connectivity index (χ4n) is 2.93. The van der Waals surface area contributed by atoms with Crippen molar-refractivity contribution in [1.82, 2.24) is 5.32 Å². The molecule has 0 heterocycles. The third-order valence-corrected chi connectivity index (χ3v) is 4.09. The Morgan fingerprint density at radius 1 is 1.43 bits per heavy atom. The molecule has 3 heteroatoms. The van der Waals surface area contributed by atoms with E-state index < -0.39 is 0 Å². The summed E-state index contributed by atoms with van der Waals surface area (Å²) in [7, 11) is 0. The Hall–Kier alpha value is -1.79. The quantitative estimate of drug-likeness (QED) is 0.820. The molecule has 2 rings (SSSR count). The van der Waals surface area contributed by atoms with Gasteiger partial charge in [0, 0.05) is 17.2 Å². The molecule has 2 unspecified atom stereocenters. The lowest BCUT2D eigenvalue weighted by Gasteiger charge is -2.27. The van der Waals surface area contributed by atoms with Crippen molar-refractivity contribution in [3.05, 3.63) is 34.9 Å². The Kier molecular flexibility index (Phi) is 5.41. The van der Waals surface area contributed by atoms with Crippen molar-refractivity contribution in [3.63, 3.8) is 0 Å².